The molecule has 0 aromatic heterocycles. The van der Waals surface area contributed by atoms with Crippen molar-refractivity contribution >= 4 is 23.5 Å². The lowest BCUT2D eigenvalue weighted by Crippen LogP contribution is -2.28. The maximum absolute atomic E-state index is 11.2. The monoisotopic (exact) mass is 261 g/mol. The number of aliphatic hydroxyl groups excluding tert-OH is 1. The molecule has 0 saturated heterocycles. The van der Waals surface area contributed by atoms with E-state index in [2.05, 4.69) is 10.1 Å². The molecule has 0 saturated carbocycles. The van der Waals surface area contributed by atoms with Crippen LogP contribution in [0.15, 0.2) is 22.9 Å². The van der Waals surface area contributed by atoms with Crippen LogP contribution in [-0.2, 0) is 14.3 Å². The van der Waals surface area contributed by atoms with E-state index in [9.17, 15) is 14.7 Å². The van der Waals surface area contributed by atoms with Crippen molar-refractivity contribution in [3.05, 3.63) is 22.9 Å². The Morgan fingerprint density at radius 2 is 2.12 bits per heavy atom. The minimum atomic E-state index is -0.549. The molecule has 0 aliphatic rings. The molecule has 0 unspecified atom stereocenters. The van der Waals surface area contributed by atoms with Gasteiger partial charge in [0, 0.05) is 17.5 Å². The maximum atomic E-state index is 11.2. The van der Waals surface area contributed by atoms with E-state index in [4.69, 9.17) is 11.6 Å². The average Bonchev–Trinajstić information content (AvgIpc) is 2.25. The number of halogens is 1. The Balaban J connectivity index is 3.98. The summed E-state index contributed by atoms with van der Waals surface area (Å²) in [5.41, 5.74) is 0. The zero-order valence-electron chi connectivity index (χ0n) is 9.83. The van der Waals surface area contributed by atoms with E-state index in [0.717, 1.165) is 6.08 Å². The fourth-order valence-corrected chi connectivity index (χ4v) is 1.03. The molecule has 6 heteroatoms. The minimum absolute atomic E-state index is 0.0680. The lowest BCUT2D eigenvalue weighted by molar-refractivity contribution is -0.140. The minimum Gasteiger partial charge on any atom is -0.512 e. The Hall–Kier alpha value is -1.49. The molecule has 0 radical (unpaired) electrons. The fourth-order valence-electron chi connectivity index (χ4n) is 0.925. The zero-order chi connectivity index (χ0) is 13.3. The summed E-state index contributed by atoms with van der Waals surface area (Å²) in [7, 11) is 1.22. The molecule has 1 amide bonds. The van der Waals surface area contributed by atoms with E-state index in [-0.39, 0.29) is 12.3 Å². The molecule has 0 fully saturated rings. The molecule has 0 atom stereocenters. The van der Waals surface area contributed by atoms with Crippen LogP contribution in [0.4, 0.5) is 0 Å². The van der Waals surface area contributed by atoms with Gasteiger partial charge in [-0.25, -0.2) is 0 Å². The van der Waals surface area contributed by atoms with Gasteiger partial charge in [0.15, 0.2) is 0 Å². The molecule has 0 aromatic rings. The quantitative estimate of drug-likeness (QED) is 0.433. The summed E-state index contributed by atoms with van der Waals surface area (Å²) in [6.45, 7) is 1.51. The summed E-state index contributed by atoms with van der Waals surface area (Å²) in [5, 5.41) is 12.3. The molecule has 17 heavy (non-hydrogen) atoms. The second kappa shape index (κ2) is 8.64. The summed E-state index contributed by atoms with van der Waals surface area (Å²) in [4.78, 5) is 21.9. The number of rotatable bonds is 6. The van der Waals surface area contributed by atoms with E-state index in [0.29, 0.717) is 17.9 Å². The third kappa shape index (κ3) is 9.44. The average molecular weight is 262 g/mol. The molecule has 5 nitrogen and oxygen atoms in total. The van der Waals surface area contributed by atoms with E-state index in [1.807, 2.05) is 0 Å². The number of carbonyl (C=O) groups excluding carboxylic acids is 2. The van der Waals surface area contributed by atoms with Crippen molar-refractivity contribution in [3.63, 3.8) is 0 Å². The Morgan fingerprint density at radius 1 is 1.47 bits per heavy atom. The Bertz CT molecular complexity index is 332. The van der Waals surface area contributed by atoms with Gasteiger partial charge in [-0.3, -0.25) is 9.59 Å². The third-order valence-electron chi connectivity index (χ3n) is 1.76. The first kappa shape index (κ1) is 15.5. The summed E-state index contributed by atoms with van der Waals surface area (Å²) < 4.78 is 4.34. The molecule has 0 aromatic carbocycles. The maximum Gasteiger partial charge on any atom is 0.325 e. The number of ether oxygens (including phenoxy) is 1. The lowest BCUT2D eigenvalue weighted by atomic mass is 10.2. The van der Waals surface area contributed by atoms with Crippen molar-refractivity contribution in [2.45, 2.75) is 19.8 Å². The van der Waals surface area contributed by atoms with Gasteiger partial charge in [-0.1, -0.05) is 17.7 Å². The molecular formula is C11H16ClNO4. The number of aliphatic hydroxyl groups is 1. The van der Waals surface area contributed by atoms with Crippen LogP contribution in [0.1, 0.15) is 19.8 Å². The standard InChI is InChI=1S/C11H16ClNO4/c1-8(12)4-3-5-9(14)6-10(15)13-7-11(16)17-2/h4,6,14H,3,5,7H2,1-2H3,(H,13,15)/b8-4+,9-6-. The molecule has 0 bridgehead atoms. The molecule has 0 rings (SSSR count). The topological polar surface area (TPSA) is 75.6 Å². The first-order chi connectivity index (χ1) is 7.95. The van der Waals surface area contributed by atoms with Crippen molar-refractivity contribution in [2.75, 3.05) is 13.7 Å². The number of hydrogen-bond donors (Lipinski definition) is 2. The van der Waals surface area contributed by atoms with Crippen LogP contribution in [-0.4, -0.2) is 30.6 Å². The summed E-state index contributed by atoms with van der Waals surface area (Å²) in [5.74, 6) is -1.16. The van der Waals surface area contributed by atoms with E-state index >= 15 is 0 Å². The second-order valence-electron chi connectivity index (χ2n) is 3.26. The van der Waals surface area contributed by atoms with E-state index in [1.165, 1.54) is 7.11 Å². The third-order valence-corrected chi connectivity index (χ3v) is 1.91. The van der Waals surface area contributed by atoms with Gasteiger partial charge >= 0.3 is 5.97 Å². The highest BCUT2D eigenvalue weighted by atomic mass is 35.5. The summed E-state index contributed by atoms with van der Waals surface area (Å²) >= 11 is 5.60. The van der Waals surface area contributed by atoms with Crippen LogP contribution in [0.2, 0.25) is 0 Å². The molecular weight excluding hydrogens is 246 g/mol. The van der Waals surface area contributed by atoms with E-state index < -0.39 is 11.9 Å². The van der Waals surface area contributed by atoms with Gasteiger partial charge in [0.05, 0.1) is 12.9 Å². The van der Waals surface area contributed by atoms with Gasteiger partial charge in [0.25, 0.3) is 0 Å². The molecule has 0 aliphatic heterocycles. The number of methoxy groups -OCH3 is 1. The zero-order valence-corrected chi connectivity index (χ0v) is 10.6. The molecule has 96 valence electrons. The van der Waals surface area contributed by atoms with Gasteiger partial charge in [-0.15, -0.1) is 0 Å². The van der Waals surface area contributed by atoms with Crippen LogP contribution in [0.25, 0.3) is 0 Å². The first-order valence-corrected chi connectivity index (χ1v) is 5.40. The SMILES string of the molecule is COC(=O)CNC(=O)/C=C(\O)CC/C=C(\C)Cl. The highest BCUT2D eigenvalue weighted by Crippen LogP contribution is 2.06. The Kier molecular flexibility index (Phi) is 7.88. The smallest absolute Gasteiger partial charge is 0.325 e. The van der Waals surface area contributed by atoms with Crippen LogP contribution in [0.5, 0.6) is 0 Å². The molecule has 0 aliphatic carbocycles. The molecule has 0 heterocycles. The summed E-state index contributed by atoms with van der Waals surface area (Å²) in [6, 6.07) is 0. The Morgan fingerprint density at radius 3 is 2.65 bits per heavy atom. The van der Waals surface area contributed by atoms with Crippen LogP contribution in [0, 0.1) is 0 Å². The number of hydrogen-bond acceptors (Lipinski definition) is 4. The van der Waals surface area contributed by atoms with Crippen molar-refractivity contribution < 1.29 is 19.4 Å². The summed E-state index contributed by atoms with van der Waals surface area (Å²) in [6.07, 6.45) is 3.62. The molecule has 0 spiro atoms. The predicted octanol–water partition coefficient (Wildman–Crippen LogP) is 1.64. The van der Waals surface area contributed by atoms with Gasteiger partial charge in [0.2, 0.25) is 5.91 Å². The number of esters is 1. The van der Waals surface area contributed by atoms with Crippen LogP contribution < -0.4 is 5.32 Å². The number of carbonyl (C=O) groups is 2. The lowest BCUT2D eigenvalue weighted by Gasteiger charge is -2.01. The van der Waals surface area contributed by atoms with Crippen molar-refractivity contribution in [2.24, 2.45) is 0 Å². The van der Waals surface area contributed by atoms with Crippen LogP contribution >= 0.6 is 11.6 Å². The number of amides is 1. The number of nitrogens with one attached hydrogen (secondary N) is 1. The largest absolute Gasteiger partial charge is 0.512 e. The Labute approximate surface area is 105 Å². The normalized spacial score (nSPS) is 12.2. The van der Waals surface area contributed by atoms with Crippen molar-refractivity contribution in [1.82, 2.24) is 5.32 Å². The highest BCUT2D eigenvalue weighted by molar-refractivity contribution is 6.29. The van der Waals surface area contributed by atoms with Gasteiger partial charge in [-0.2, -0.15) is 0 Å². The van der Waals surface area contributed by atoms with Crippen molar-refractivity contribution in [1.29, 1.82) is 0 Å². The van der Waals surface area contributed by atoms with E-state index in [1.54, 1.807) is 13.0 Å². The molecule has 2 N–H and O–H groups in total. The van der Waals surface area contributed by atoms with Gasteiger partial charge in [0.1, 0.15) is 6.54 Å². The highest BCUT2D eigenvalue weighted by Gasteiger charge is 2.03. The second-order valence-corrected chi connectivity index (χ2v) is 3.86. The van der Waals surface area contributed by atoms with Gasteiger partial charge in [-0.05, 0) is 13.3 Å². The van der Waals surface area contributed by atoms with Crippen LogP contribution in [0.3, 0.4) is 0 Å². The predicted molar refractivity (Wildman–Crippen MR) is 64.6 cm³/mol. The number of allylic oxidation sites excluding steroid dienone is 3. The first-order valence-electron chi connectivity index (χ1n) is 5.02. The van der Waals surface area contributed by atoms with Crippen molar-refractivity contribution in [3.8, 4) is 0 Å². The van der Waals surface area contributed by atoms with Gasteiger partial charge < -0.3 is 15.2 Å². The fraction of sp³-hybridized carbons (Fsp3) is 0.455.